The molecule has 1 aromatic heterocycles. The molecule has 1 rings (SSSR count). The molecule has 0 aromatic carbocycles. The van der Waals surface area contributed by atoms with Gasteiger partial charge in [0.05, 0.1) is 6.04 Å². The molecule has 15 heavy (non-hydrogen) atoms. The molecule has 0 aliphatic heterocycles. The van der Waals surface area contributed by atoms with Gasteiger partial charge in [0.2, 0.25) is 0 Å². The van der Waals surface area contributed by atoms with Crippen molar-refractivity contribution in [1.29, 1.82) is 0 Å². The van der Waals surface area contributed by atoms with Gasteiger partial charge in [-0.15, -0.1) is 11.3 Å². The lowest BCUT2D eigenvalue weighted by atomic mass is 10.1. The normalized spacial score (nSPS) is 15.2. The van der Waals surface area contributed by atoms with Gasteiger partial charge < -0.3 is 5.32 Å². The molecule has 1 N–H and O–H groups in total. The topological polar surface area (TPSA) is 24.9 Å². The van der Waals surface area contributed by atoms with Gasteiger partial charge in [0.25, 0.3) is 0 Å². The van der Waals surface area contributed by atoms with Gasteiger partial charge in [-0.2, -0.15) is 0 Å². The van der Waals surface area contributed by atoms with Gasteiger partial charge in [0.1, 0.15) is 5.01 Å². The summed E-state index contributed by atoms with van der Waals surface area (Å²) in [6, 6.07) is 1.02. The standard InChI is InChI=1S/C12H22N2S/c1-5-7-11(6-2)14-10(4)12-13-9(3)8-15-12/h8,10-11,14H,5-7H2,1-4H3. The molecule has 0 aliphatic rings. The van der Waals surface area contributed by atoms with E-state index in [-0.39, 0.29) is 0 Å². The molecule has 0 bridgehead atoms. The summed E-state index contributed by atoms with van der Waals surface area (Å²) >= 11 is 1.75. The third-order valence-electron chi connectivity index (χ3n) is 2.62. The number of aryl methyl sites for hydroxylation is 1. The number of nitrogens with zero attached hydrogens (tertiary/aromatic N) is 1. The van der Waals surface area contributed by atoms with E-state index in [2.05, 4.69) is 43.4 Å². The minimum atomic E-state index is 0.389. The van der Waals surface area contributed by atoms with Crippen LogP contribution in [0.2, 0.25) is 0 Å². The number of hydrogen-bond donors (Lipinski definition) is 1. The summed E-state index contributed by atoms with van der Waals surface area (Å²) < 4.78 is 0. The monoisotopic (exact) mass is 226 g/mol. The fourth-order valence-electron chi connectivity index (χ4n) is 1.75. The van der Waals surface area contributed by atoms with Crippen molar-refractivity contribution < 1.29 is 0 Å². The maximum absolute atomic E-state index is 4.51. The zero-order chi connectivity index (χ0) is 11.3. The molecule has 0 amide bonds. The van der Waals surface area contributed by atoms with Crippen LogP contribution in [-0.4, -0.2) is 11.0 Å². The Kier molecular flexibility index (Phi) is 5.26. The Labute approximate surface area is 97.1 Å². The third-order valence-corrected chi connectivity index (χ3v) is 3.77. The predicted octanol–water partition coefficient (Wildman–Crippen LogP) is 3.68. The Hall–Kier alpha value is -0.410. The maximum Gasteiger partial charge on any atom is 0.110 e. The molecule has 0 saturated carbocycles. The van der Waals surface area contributed by atoms with Crippen LogP contribution < -0.4 is 5.32 Å². The molecule has 0 saturated heterocycles. The van der Waals surface area contributed by atoms with Crippen molar-refractivity contribution in [2.75, 3.05) is 0 Å². The highest BCUT2D eigenvalue weighted by Gasteiger charge is 2.13. The van der Waals surface area contributed by atoms with Crippen LogP contribution in [-0.2, 0) is 0 Å². The van der Waals surface area contributed by atoms with E-state index in [0.29, 0.717) is 12.1 Å². The molecule has 0 spiro atoms. The van der Waals surface area contributed by atoms with E-state index in [9.17, 15) is 0 Å². The van der Waals surface area contributed by atoms with Gasteiger partial charge in [0.15, 0.2) is 0 Å². The van der Waals surface area contributed by atoms with Crippen LogP contribution in [0.15, 0.2) is 5.38 Å². The maximum atomic E-state index is 4.51. The zero-order valence-electron chi connectivity index (χ0n) is 10.2. The Morgan fingerprint density at radius 2 is 2.20 bits per heavy atom. The Balaban J connectivity index is 2.50. The van der Waals surface area contributed by atoms with Gasteiger partial charge in [-0.3, -0.25) is 0 Å². The van der Waals surface area contributed by atoms with Crippen molar-refractivity contribution in [3.63, 3.8) is 0 Å². The summed E-state index contributed by atoms with van der Waals surface area (Å²) in [5.41, 5.74) is 1.13. The van der Waals surface area contributed by atoms with Crippen LogP contribution >= 0.6 is 11.3 Å². The molecule has 2 atom stereocenters. The summed E-state index contributed by atoms with van der Waals surface area (Å²) in [6.45, 7) is 8.74. The summed E-state index contributed by atoms with van der Waals surface area (Å²) in [5.74, 6) is 0. The number of nitrogens with one attached hydrogen (secondary N) is 1. The van der Waals surface area contributed by atoms with Gasteiger partial charge >= 0.3 is 0 Å². The molecule has 3 heteroatoms. The fraction of sp³-hybridized carbons (Fsp3) is 0.750. The van der Waals surface area contributed by atoms with Crippen LogP contribution in [0.25, 0.3) is 0 Å². The molecule has 0 radical (unpaired) electrons. The molecular formula is C12H22N2S. The second kappa shape index (κ2) is 6.23. The predicted molar refractivity (Wildman–Crippen MR) is 67.4 cm³/mol. The van der Waals surface area contributed by atoms with Crippen molar-refractivity contribution in [3.8, 4) is 0 Å². The van der Waals surface area contributed by atoms with Gasteiger partial charge in [-0.25, -0.2) is 4.98 Å². The first kappa shape index (κ1) is 12.7. The number of thiazole rings is 1. The van der Waals surface area contributed by atoms with Crippen LogP contribution in [0, 0.1) is 6.92 Å². The molecular weight excluding hydrogens is 204 g/mol. The smallest absolute Gasteiger partial charge is 0.110 e. The van der Waals surface area contributed by atoms with Crippen molar-refractivity contribution in [1.82, 2.24) is 10.3 Å². The number of rotatable bonds is 6. The summed E-state index contributed by atoms with van der Waals surface area (Å²) in [4.78, 5) is 4.51. The minimum absolute atomic E-state index is 0.389. The molecule has 2 nitrogen and oxygen atoms in total. The molecule has 1 aromatic rings. The first-order valence-electron chi connectivity index (χ1n) is 5.85. The lowest BCUT2D eigenvalue weighted by Gasteiger charge is -2.20. The van der Waals surface area contributed by atoms with Gasteiger partial charge in [-0.05, 0) is 26.7 Å². The highest BCUT2D eigenvalue weighted by Crippen LogP contribution is 2.19. The van der Waals surface area contributed by atoms with E-state index in [1.54, 1.807) is 11.3 Å². The van der Waals surface area contributed by atoms with E-state index < -0.39 is 0 Å². The van der Waals surface area contributed by atoms with Crippen molar-refractivity contribution in [2.45, 2.75) is 59.0 Å². The highest BCUT2D eigenvalue weighted by atomic mass is 32.1. The zero-order valence-corrected chi connectivity index (χ0v) is 11.0. The first-order chi connectivity index (χ1) is 7.17. The average molecular weight is 226 g/mol. The van der Waals surface area contributed by atoms with Crippen LogP contribution in [0.5, 0.6) is 0 Å². The van der Waals surface area contributed by atoms with E-state index in [1.807, 2.05) is 0 Å². The molecule has 0 aliphatic carbocycles. The lowest BCUT2D eigenvalue weighted by Crippen LogP contribution is -2.30. The van der Waals surface area contributed by atoms with Gasteiger partial charge in [-0.1, -0.05) is 20.3 Å². The van der Waals surface area contributed by atoms with Crippen LogP contribution in [0.4, 0.5) is 0 Å². The van der Waals surface area contributed by atoms with E-state index in [4.69, 9.17) is 0 Å². The largest absolute Gasteiger partial charge is 0.305 e. The van der Waals surface area contributed by atoms with Crippen molar-refractivity contribution in [2.24, 2.45) is 0 Å². The fourth-order valence-corrected chi connectivity index (χ4v) is 2.56. The Morgan fingerprint density at radius 1 is 1.47 bits per heavy atom. The number of aromatic nitrogens is 1. The molecule has 1 heterocycles. The minimum Gasteiger partial charge on any atom is -0.305 e. The second-order valence-corrected chi connectivity index (χ2v) is 5.00. The summed E-state index contributed by atoms with van der Waals surface area (Å²) in [6.07, 6.45) is 3.70. The highest BCUT2D eigenvalue weighted by molar-refractivity contribution is 7.09. The summed E-state index contributed by atoms with van der Waals surface area (Å²) in [5, 5.41) is 6.97. The van der Waals surface area contributed by atoms with Gasteiger partial charge in [0, 0.05) is 17.1 Å². The summed E-state index contributed by atoms with van der Waals surface area (Å²) in [7, 11) is 0. The Morgan fingerprint density at radius 3 is 2.67 bits per heavy atom. The van der Waals surface area contributed by atoms with Crippen molar-refractivity contribution in [3.05, 3.63) is 16.1 Å². The van der Waals surface area contributed by atoms with E-state index in [0.717, 1.165) is 5.69 Å². The average Bonchev–Trinajstić information content (AvgIpc) is 2.64. The quantitative estimate of drug-likeness (QED) is 0.800. The number of hydrogen-bond acceptors (Lipinski definition) is 3. The molecule has 2 unspecified atom stereocenters. The van der Waals surface area contributed by atoms with Crippen molar-refractivity contribution >= 4 is 11.3 Å². The Bertz CT molecular complexity index is 283. The van der Waals surface area contributed by atoms with E-state index in [1.165, 1.54) is 24.3 Å². The SMILES string of the molecule is CCCC(CC)NC(C)c1nc(C)cs1. The molecule has 0 fully saturated rings. The lowest BCUT2D eigenvalue weighted by molar-refractivity contribution is 0.416. The molecule has 86 valence electrons. The van der Waals surface area contributed by atoms with Crippen LogP contribution in [0.1, 0.15) is 56.8 Å². The van der Waals surface area contributed by atoms with E-state index >= 15 is 0 Å². The first-order valence-corrected chi connectivity index (χ1v) is 6.73. The van der Waals surface area contributed by atoms with Crippen LogP contribution in [0.3, 0.4) is 0 Å². The third kappa shape index (κ3) is 3.92. The second-order valence-electron chi connectivity index (χ2n) is 4.11.